The molecule has 0 radical (unpaired) electrons. The van der Waals surface area contributed by atoms with Gasteiger partial charge in [-0.3, -0.25) is 0 Å². The van der Waals surface area contributed by atoms with E-state index in [9.17, 15) is 0 Å². The molecule has 0 spiro atoms. The summed E-state index contributed by atoms with van der Waals surface area (Å²) in [4.78, 5) is 0. The van der Waals surface area contributed by atoms with Crippen LogP contribution in [0.25, 0.3) is 0 Å². The zero-order valence-corrected chi connectivity index (χ0v) is 3.07. The molecule has 0 amide bonds. The monoisotopic (exact) mass is 94.0 g/mol. The number of nitrogens with zero attached hydrogens (tertiary/aromatic N) is 1. The van der Waals surface area contributed by atoms with E-state index in [2.05, 4.69) is 10.3 Å². The lowest BCUT2D eigenvalue weighted by atomic mass is 13.0. The van der Waals surface area contributed by atoms with E-state index in [4.69, 9.17) is 8.42 Å². The maximum Gasteiger partial charge on any atom is 0.327 e. The van der Waals surface area contributed by atoms with Gasteiger partial charge in [-0.2, -0.15) is 8.42 Å². The van der Waals surface area contributed by atoms with Gasteiger partial charge in [0.15, 0.2) is 0 Å². The fraction of sp³-hybridized carbons (Fsp3) is 0. The first kappa shape index (κ1) is 4.58. The van der Waals surface area contributed by atoms with Crippen molar-refractivity contribution in [2.75, 3.05) is 0 Å². The molecule has 2 N–H and O–H groups in total. The lowest BCUT2D eigenvalue weighted by Crippen LogP contribution is -1.73. The van der Waals surface area contributed by atoms with E-state index in [0.717, 1.165) is 0 Å². The third-order valence-corrected chi connectivity index (χ3v) is 0.258. The summed E-state index contributed by atoms with van der Waals surface area (Å²) in [6, 6.07) is 0. The van der Waals surface area contributed by atoms with Crippen molar-refractivity contribution in [3.8, 4) is 0 Å². The van der Waals surface area contributed by atoms with Crippen LogP contribution in [-0.2, 0) is 10.5 Å². The van der Waals surface area contributed by atoms with Crippen LogP contribution >= 0.6 is 0 Å². The molecule has 0 heterocycles. The van der Waals surface area contributed by atoms with Gasteiger partial charge in [-0.25, -0.2) is 5.84 Å². The molecule has 0 saturated heterocycles. The smallest absolute Gasteiger partial charge is 0.212 e. The average Bonchev–Trinajstić information content (AvgIpc) is 1.38. The highest BCUT2D eigenvalue weighted by molar-refractivity contribution is 7.61. The molecule has 0 fully saturated rings. The van der Waals surface area contributed by atoms with E-state index >= 15 is 0 Å². The molecule has 0 aromatic heterocycles. The average molecular weight is 94.1 g/mol. The Balaban J connectivity index is 4.25. The molecule has 0 atom stereocenters. The van der Waals surface area contributed by atoms with Crippen LogP contribution in [0.1, 0.15) is 0 Å². The summed E-state index contributed by atoms with van der Waals surface area (Å²) in [7, 11) is -2.42. The first-order valence-corrected chi connectivity index (χ1v) is 1.81. The topological polar surface area (TPSA) is 72.5 Å². The van der Waals surface area contributed by atoms with Crippen LogP contribution in [0.4, 0.5) is 0 Å². The molecule has 0 bridgehead atoms. The molecule has 0 aliphatic carbocycles. The number of rotatable bonds is 0. The normalized spacial score (nSPS) is 6.60. The fourth-order valence-electron chi connectivity index (χ4n) is 0. The van der Waals surface area contributed by atoms with Crippen LogP contribution < -0.4 is 5.84 Å². The Morgan fingerprint density at radius 2 is 1.80 bits per heavy atom. The Morgan fingerprint density at radius 3 is 1.80 bits per heavy atom. The van der Waals surface area contributed by atoms with E-state index in [1.165, 1.54) is 0 Å². The van der Waals surface area contributed by atoms with Gasteiger partial charge in [0.05, 0.1) is 0 Å². The number of hydrogen-bond acceptors (Lipinski definition) is 3. The Hall–Kier alpha value is -0.420. The highest BCUT2D eigenvalue weighted by atomic mass is 32.2. The molecular formula is H2N2O2S. The van der Waals surface area contributed by atoms with Gasteiger partial charge >= 0.3 is 10.5 Å². The van der Waals surface area contributed by atoms with Crippen LogP contribution in [0.3, 0.4) is 0 Å². The summed E-state index contributed by atoms with van der Waals surface area (Å²) in [6.07, 6.45) is 0. The zero-order chi connectivity index (χ0) is 4.28. The molecule has 4 nitrogen and oxygen atoms in total. The predicted molar refractivity (Wildman–Crippen MR) is 15.5 cm³/mol. The Morgan fingerprint density at radius 1 is 1.60 bits per heavy atom. The second kappa shape index (κ2) is 1.86. The third kappa shape index (κ3) is 3.58. The molecule has 5 heavy (non-hydrogen) atoms. The van der Waals surface area contributed by atoms with E-state index in [1.807, 2.05) is 0 Å². The molecule has 0 saturated carbocycles. The van der Waals surface area contributed by atoms with Gasteiger partial charge in [0, 0.05) is 0 Å². The zero-order valence-electron chi connectivity index (χ0n) is 2.25. The molecule has 30 valence electrons. The highest BCUT2D eigenvalue weighted by Crippen LogP contribution is 1.32. The lowest BCUT2D eigenvalue weighted by molar-refractivity contribution is 0.620. The van der Waals surface area contributed by atoms with Crippen LogP contribution in [0.15, 0.2) is 4.47 Å². The molecule has 0 unspecified atom stereocenters. The lowest BCUT2D eigenvalue weighted by Gasteiger charge is -1.43. The van der Waals surface area contributed by atoms with E-state index in [1.54, 1.807) is 0 Å². The van der Waals surface area contributed by atoms with Gasteiger partial charge < -0.3 is 0 Å². The maximum atomic E-state index is 9.08. The first-order valence-electron chi connectivity index (χ1n) is 0.774. The van der Waals surface area contributed by atoms with Crippen molar-refractivity contribution in [1.82, 2.24) is 0 Å². The van der Waals surface area contributed by atoms with Gasteiger partial charge in [0.2, 0.25) is 0 Å². The van der Waals surface area contributed by atoms with E-state index in [0.29, 0.717) is 0 Å². The van der Waals surface area contributed by atoms with Crippen molar-refractivity contribution in [2.45, 2.75) is 0 Å². The minimum Gasteiger partial charge on any atom is -0.212 e. The SMILES string of the molecule is NN=S(=O)=O. The van der Waals surface area contributed by atoms with Gasteiger partial charge in [0.1, 0.15) is 0 Å². The summed E-state index contributed by atoms with van der Waals surface area (Å²) >= 11 is 0. The molecule has 0 aromatic rings. The van der Waals surface area contributed by atoms with E-state index in [-0.39, 0.29) is 0 Å². The summed E-state index contributed by atoms with van der Waals surface area (Å²) in [5.41, 5.74) is 0. The van der Waals surface area contributed by atoms with Gasteiger partial charge in [-0.05, 0) is 0 Å². The first-order chi connectivity index (χ1) is 2.27. The highest BCUT2D eigenvalue weighted by Gasteiger charge is 1.47. The van der Waals surface area contributed by atoms with Gasteiger partial charge in [-0.15, -0.1) is 0 Å². The second-order valence-electron chi connectivity index (χ2n) is 0.323. The standard InChI is InChI=1S/H2N2O2S/c1-2-5(3)4/h1H2. The molecule has 0 aliphatic rings. The maximum absolute atomic E-state index is 9.08. The van der Waals surface area contributed by atoms with Crippen molar-refractivity contribution >= 4 is 10.5 Å². The fourth-order valence-corrected chi connectivity index (χ4v) is 0. The molecule has 0 rings (SSSR count). The molecule has 0 aromatic carbocycles. The van der Waals surface area contributed by atoms with Crippen LogP contribution in [0.5, 0.6) is 0 Å². The van der Waals surface area contributed by atoms with Crippen molar-refractivity contribution in [2.24, 2.45) is 10.3 Å². The summed E-state index contributed by atoms with van der Waals surface area (Å²) in [6.45, 7) is 0. The summed E-state index contributed by atoms with van der Waals surface area (Å²) in [5, 5.41) is 0. The number of hydrogen-bond donors (Lipinski definition) is 1. The Labute approximate surface area is 30.3 Å². The van der Waals surface area contributed by atoms with Crippen molar-refractivity contribution in [1.29, 1.82) is 0 Å². The predicted octanol–water partition coefficient (Wildman–Crippen LogP) is -1.08. The largest absolute Gasteiger partial charge is 0.327 e. The quantitative estimate of drug-likeness (QED) is 0.306. The van der Waals surface area contributed by atoms with E-state index < -0.39 is 10.5 Å². The summed E-state index contributed by atoms with van der Waals surface area (Å²) < 4.78 is 20.5. The van der Waals surface area contributed by atoms with Crippen LogP contribution in [0, 0.1) is 0 Å². The minimum atomic E-state index is -2.42. The van der Waals surface area contributed by atoms with Crippen molar-refractivity contribution in [3.63, 3.8) is 0 Å². The van der Waals surface area contributed by atoms with Gasteiger partial charge in [-0.1, -0.05) is 4.47 Å². The van der Waals surface area contributed by atoms with Gasteiger partial charge in [0.25, 0.3) is 0 Å². The van der Waals surface area contributed by atoms with Crippen LogP contribution in [0.2, 0.25) is 0 Å². The Kier molecular flexibility index (Phi) is 1.70. The summed E-state index contributed by atoms with van der Waals surface area (Å²) in [5.74, 6) is 4.18. The number of nitrogens with two attached hydrogens (primary N) is 1. The molecular weight excluding hydrogens is 92.1 g/mol. The molecule has 0 aliphatic heterocycles. The second-order valence-corrected chi connectivity index (χ2v) is 0.968. The third-order valence-electron chi connectivity index (χ3n) is 0.0861. The molecule has 5 heteroatoms. The van der Waals surface area contributed by atoms with Crippen molar-refractivity contribution in [3.05, 3.63) is 0 Å². The van der Waals surface area contributed by atoms with Crippen LogP contribution in [-0.4, -0.2) is 8.42 Å². The Bertz CT molecular complexity index is 111. The van der Waals surface area contributed by atoms with Crippen molar-refractivity contribution < 1.29 is 8.42 Å². The minimum absolute atomic E-state index is 2.31.